The number of methoxy groups -OCH3 is 1. The number of urea groups is 1. The van der Waals surface area contributed by atoms with Gasteiger partial charge < -0.3 is 20.1 Å². The summed E-state index contributed by atoms with van der Waals surface area (Å²) < 4.78 is 4.90. The zero-order chi connectivity index (χ0) is 15.5. The van der Waals surface area contributed by atoms with Crippen molar-refractivity contribution >= 4 is 12.0 Å². The average molecular weight is 285 g/mol. The molecule has 7 heteroatoms. The van der Waals surface area contributed by atoms with Crippen LogP contribution in [0.15, 0.2) is 0 Å². The number of nitriles is 1. The highest BCUT2D eigenvalue weighted by Crippen LogP contribution is 2.08. The van der Waals surface area contributed by atoms with E-state index in [1.165, 1.54) is 12.0 Å². The summed E-state index contributed by atoms with van der Waals surface area (Å²) in [7, 11) is 1.51. The van der Waals surface area contributed by atoms with Gasteiger partial charge in [-0.3, -0.25) is 0 Å². The highest BCUT2D eigenvalue weighted by Gasteiger charge is 2.27. The van der Waals surface area contributed by atoms with Crippen LogP contribution in [0.25, 0.3) is 0 Å². The van der Waals surface area contributed by atoms with E-state index in [2.05, 4.69) is 5.32 Å². The number of rotatable bonds is 9. The van der Waals surface area contributed by atoms with Crippen molar-refractivity contribution < 1.29 is 19.4 Å². The molecule has 0 aliphatic heterocycles. The number of ether oxygens (including phenoxy) is 1. The quantitative estimate of drug-likeness (QED) is 0.659. The lowest BCUT2D eigenvalue weighted by atomic mass is 9.99. The number of hydrogen-bond donors (Lipinski definition) is 2. The molecule has 0 saturated heterocycles. The molecule has 0 aromatic carbocycles. The molecule has 0 fully saturated rings. The minimum absolute atomic E-state index is 0.170. The van der Waals surface area contributed by atoms with Crippen molar-refractivity contribution in [1.82, 2.24) is 10.2 Å². The second kappa shape index (κ2) is 10.0. The lowest BCUT2D eigenvalue weighted by Gasteiger charge is -2.26. The van der Waals surface area contributed by atoms with E-state index in [0.29, 0.717) is 19.6 Å². The van der Waals surface area contributed by atoms with Crippen LogP contribution in [0.4, 0.5) is 4.79 Å². The maximum absolute atomic E-state index is 12.1. The second-order valence-electron chi connectivity index (χ2n) is 4.54. The van der Waals surface area contributed by atoms with Crippen molar-refractivity contribution in [3.63, 3.8) is 0 Å². The van der Waals surface area contributed by atoms with E-state index < -0.39 is 18.0 Å². The number of aliphatic carboxylic acids is 1. The number of hydrogen-bond acceptors (Lipinski definition) is 4. The molecule has 2 atom stereocenters. The molecule has 0 spiro atoms. The Balaban J connectivity index is 4.69. The fourth-order valence-electron chi connectivity index (χ4n) is 1.61. The first kappa shape index (κ1) is 18.2. The molecule has 0 aliphatic rings. The molecule has 2 unspecified atom stereocenters. The molecule has 7 nitrogen and oxygen atoms in total. The number of nitrogens with one attached hydrogen (secondary N) is 1. The van der Waals surface area contributed by atoms with E-state index in [-0.39, 0.29) is 18.9 Å². The van der Waals surface area contributed by atoms with Crippen LogP contribution in [0.2, 0.25) is 0 Å². The van der Waals surface area contributed by atoms with Crippen molar-refractivity contribution in [3.8, 4) is 6.07 Å². The van der Waals surface area contributed by atoms with Gasteiger partial charge in [-0.25, -0.2) is 9.59 Å². The molecule has 0 heterocycles. The van der Waals surface area contributed by atoms with Crippen LogP contribution >= 0.6 is 0 Å². The van der Waals surface area contributed by atoms with Crippen LogP contribution in [-0.2, 0) is 9.53 Å². The fourth-order valence-corrected chi connectivity index (χ4v) is 1.61. The summed E-state index contributed by atoms with van der Waals surface area (Å²) in [6.07, 6.45) is 0.839. The van der Waals surface area contributed by atoms with Gasteiger partial charge in [-0.1, -0.05) is 20.3 Å². The molecule has 20 heavy (non-hydrogen) atoms. The SMILES string of the molecule is CCC(C)C(NC(=O)N(CCC#N)CCOC)C(=O)O. The summed E-state index contributed by atoms with van der Waals surface area (Å²) in [6.45, 7) is 4.54. The van der Waals surface area contributed by atoms with E-state index in [4.69, 9.17) is 15.1 Å². The van der Waals surface area contributed by atoms with Crippen LogP contribution in [-0.4, -0.2) is 54.9 Å². The van der Waals surface area contributed by atoms with Gasteiger partial charge in [0, 0.05) is 20.2 Å². The third-order valence-electron chi connectivity index (χ3n) is 3.10. The smallest absolute Gasteiger partial charge is 0.326 e. The summed E-state index contributed by atoms with van der Waals surface area (Å²) in [4.78, 5) is 24.6. The molecule has 0 aliphatic carbocycles. The van der Waals surface area contributed by atoms with Gasteiger partial charge in [-0.2, -0.15) is 5.26 Å². The van der Waals surface area contributed by atoms with E-state index in [1.54, 1.807) is 6.92 Å². The predicted octanol–water partition coefficient (Wildman–Crippen LogP) is 1.06. The van der Waals surface area contributed by atoms with E-state index >= 15 is 0 Å². The highest BCUT2D eigenvalue weighted by molar-refractivity contribution is 5.82. The van der Waals surface area contributed by atoms with Crippen molar-refractivity contribution in [2.24, 2.45) is 5.92 Å². The van der Waals surface area contributed by atoms with Crippen molar-refractivity contribution in [1.29, 1.82) is 5.26 Å². The van der Waals surface area contributed by atoms with Crippen molar-refractivity contribution in [2.45, 2.75) is 32.7 Å². The number of nitrogens with zero attached hydrogens (tertiary/aromatic N) is 2. The Hall–Kier alpha value is -1.81. The van der Waals surface area contributed by atoms with E-state index in [9.17, 15) is 9.59 Å². The van der Waals surface area contributed by atoms with Gasteiger partial charge in [0.2, 0.25) is 0 Å². The first-order valence-electron chi connectivity index (χ1n) is 6.62. The van der Waals surface area contributed by atoms with Gasteiger partial charge in [0.1, 0.15) is 6.04 Å². The number of carbonyl (C=O) groups is 2. The Labute approximate surface area is 119 Å². The van der Waals surface area contributed by atoms with Crippen LogP contribution in [0.3, 0.4) is 0 Å². The molecular weight excluding hydrogens is 262 g/mol. The lowest BCUT2D eigenvalue weighted by Crippen LogP contribution is -2.51. The standard InChI is InChI=1S/C13H23N3O4/c1-4-10(2)11(12(17)18)15-13(19)16(7-5-6-14)8-9-20-3/h10-11H,4-5,7-9H2,1-3H3,(H,15,19)(H,17,18). The normalized spacial score (nSPS) is 13.1. The molecule has 0 aromatic heterocycles. The van der Waals surface area contributed by atoms with Gasteiger partial charge in [-0.05, 0) is 5.92 Å². The summed E-state index contributed by atoms with van der Waals surface area (Å²) >= 11 is 0. The Morgan fingerprint density at radius 1 is 1.45 bits per heavy atom. The van der Waals surface area contributed by atoms with Gasteiger partial charge in [-0.15, -0.1) is 0 Å². The number of carbonyl (C=O) groups excluding carboxylic acids is 1. The maximum Gasteiger partial charge on any atom is 0.326 e. The van der Waals surface area contributed by atoms with Gasteiger partial charge in [0.25, 0.3) is 0 Å². The average Bonchev–Trinajstić information content (AvgIpc) is 2.43. The zero-order valence-electron chi connectivity index (χ0n) is 12.3. The van der Waals surface area contributed by atoms with Crippen LogP contribution in [0.1, 0.15) is 26.7 Å². The Kier molecular flexibility index (Phi) is 9.13. The number of carboxylic acids is 1. The van der Waals surface area contributed by atoms with Crippen LogP contribution in [0.5, 0.6) is 0 Å². The second-order valence-corrected chi connectivity index (χ2v) is 4.54. The molecule has 0 radical (unpaired) electrons. The topological polar surface area (TPSA) is 103 Å². The molecule has 0 saturated carbocycles. The third-order valence-corrected chi connectivity index (χ3v) is 3.10. The Morgan fingerprint density at radius 3 is 2.55 bits per heavy atom. The third kappa shape index (κ3) is 6.38. The molecular formula is C13H23N3O4. The van der Waals surface area contributed by atoms with Crippen molar-refractivity contribution in [3.05, 3.63) is 0 Å². The van der Waals surface area contributed by atoms with Crippen molar-refractivity contribution in [2.75, 3.05) is 26.8 Å². The molecule has 2 N–H and O–H groups in total. The molecule has 0 aromatic rings. The Morgan fingerprint density at radius 2 is 2.10 bits per heavy atom. The monoisotopic (exact) mass is 285 g/mol. The molecule has 2 amide bonds. The first-order valence-corrected chi connectivity index (χ1v) is 6.62. The molecule has 0 bridgehead atoms. The fraction of sp³-hybridized carbons (Fsp3) is 0.769. The van der Waals surface area contributed by atoms with Crippen LogP contribution < -0.4 is 5.32 Å². The molecule has 114 valence electrons. The summed E-state index contributed by atoms with van der Waals surface area (Å²) in [6, 6.07) is 0.548. The lowest BCUT2D eigenvalue weighted by molar-refractivity contribution is -0.140. The summed E-state index contributed by atoms with van der Waals surface area (Å²) in [5, 5.41) is 20.2. The Bertz CT molecular complexity index is 354. The van der Waals surface area contributed by atoms with E-state index in [0.717, 1.165) is 0 Å². The molecule has 0 rings (SSSR count). The number of amides is 2. The highest BCUT2D eigenvalue weighted by atomic mass is 16.5. The number of carboxylic acid groups (broad SMARTS) is 1. The van der Waals surface area contributed by atoms with Gasteiger partial charge >= 0.3 is 12.0 Å². The minimum atomic E-state index is -1.06. The predicted molar refractivity (Wildman–Crippen MR) is 73.1 cm³/mol. The van der Waals surface area contributed by atoms with Gasteiger partial charge in [0.15, 0.2) is 0 Å². The van der Waals surface area contributed by atoms with Gasteiger partial charge in [0.05, 0.1) is 19.1 Å². The summed E-state index contributed by atoms with van der Waals surface area (Å²) in [5.74, 6) is -1.23. The zero-order valence-corrected chi connectivity index (χ0v) is 12.3. The largest absolute Gasteiger partial charge is 0.480 e. The van der Waals surface area contributed by atoms with E-state index in [1.807, 2.05) is 13.0 Å². The summed E-state index contributed by atoms with van der Waals surface area (Å²) in [5.41, 5.74) is 0. The maximum atomic E-state index is 12.1. The first-order chi connectivity index (χ1) is 9.47. The minimum Gasteiger partial charge on any atom is -0.480 e. The van der Waals surface area contributed by atoms with Crippen LogP contribution in [0, 0.1) is 17.2 Å².